The molecule has 1 aliphatic heterocycles. The van der Waals surface area contributed by atoms with Crippen LogP contribution >= 0.6 is 0 Å². The van der Waals surface area contributed by atoms with Gasteiger partial charge in [0.25, 0.3) is 0 Å². The molecule has 1 aromatic rings. The molecule has 24 heavy (non-hydrogen) atoms. The smallest absolute Gasteiger partial charge is 0.191 e. The average Bonchev–Trinajstić information content (AvgIpc) is 2.59. The number of benzene rings is 1. The monoisotopic (exact) mass is 332 g/mol. The van der Waals surface area contributed by atoms with Gasteiger partial charge in [0.15, 0.2) is 5.96 Å². The molecule has 2 unspecified atom stereocenters. The molecule has 5 heteroatoms. The first kappa shape index (κ1) is 18.7. The van der Waals surface area contributed by atoms with E-state index in [0.717, 1.165) is 38.8 Å². The van der Waals surface area contributed by atoms with Gasteiger partial charge in [0.1, 0.15) is 0 Å². The van der Waals surface area contributed by atoms with Crippen LogP contribution in [0.15, 0.2) is 29.3 Å². The maximum absolute atomic E-state index is 5.52. The van der Waals surface area contributed by atoms with E-state index >= 15 is 0 Å². The van der Waals surface area contributed by atoms with Gasteiger partial charge in [-0.15, -0.1) is 0 Å². The van der Waals surface area contributed by atoms with Crippen molar-refractivity contribution in [3.05, 3.63) is 35.4 Å². The molecule has 1 aliphatic rings. The van der Waals surface area contributed by atoms with Gasteiger partial charge in [-0.3, -0.25) is 4.90 Å². The number of nitrogens with zero attached hydrogens (tertiary/aromatic N) is 2. The van der Waals surface area contributed by atoms with Gasteiger partial charge < -0.3 is 15.4 Å². The third-order valence-corrected chi connectivity index (χ3v) is 4.43. The summed E-state index contributed by atoms with van der Waals surface area (Å²) >= 11 is 0. The number of morpholine rings is 1. The van der Waals surface area contributed by atoms with E-state index in [1.165, 1.54) is 11.1 Å². The lowest BCUT2D eigenvalue weighted by Gasteiger charge is -2.38. The molecule has 134 valence electrons. The number of aryl methyl sites for hydroxylation is 1. The van der Waals surface area contributed by atoms with Crippen molar-refractivity contribution in [3.63, 3.8) is 0 Å². The van der Waals surface area contributed by atoms with E-state index in [4.69, 9.17) is 9.73 Å². The number of aliphatic imine (C=N–C) groups is 1. The van der Waals surface area contributed by atoms with Crippen LogP contribution in [0.25, 0.3) is 0 Å². The summed E-state index contributed by atoms with van der Waals surface area (Å²) in [6.07, 6.45) is 0. The Bertz CT molecular complexity index is 515. The fourth-order valence-electron chi connectivity index (χ4n) is 2.96. The molecule has 1 saturated heterocycles. The third-order valence-electron chi connectivity index (χ3n) is 4.43. The Morgan fingerprint density at radius 1 is 1.33 bits per heavy atom. The molecule has 1 aromatic carbocycles. The summed E-state index contributed by atoms with van der Waals surface area (Å²) in [7, 11) is 0. The topological polar surface area (TPSA) is 48.9 Å². The standard InChI is InChI=1S/C19H32N4O/c1-5-20-19(22-13-18-8-6-15(2)7-9-18)21-12-16(3)23-10-11-24-14-17(23)4/h6-9,16-17H,5,10-14H2,1-4H3,(H2,20,21,22). The SMILES string of the molecule is CCNC(=NCc1ccc(C)cc1)NCC(C)N1CCOCC1C. The third kappa shape index (κ3) is 5.80. The van der Waals surface area contributed by atoms with Crippen molar-refractivity contribution in [3.8, 4) is 0 Å². The van der Waals surface area contributed by atoms with Crippen molar-refractivity contribution in [2.75, 3.05) is 32.8 Å². The van der Waals surface area contributed by atoms with Crippen LogP contribution in [0.2, 0.25) is 0 Å². The van der Waals surface area contributed by atoms with E-state index in [1.807, 2.05) is 0 Å². The molecule has 5 nitrogen and oxygen atoms in total. The molecule has 1 fully saturated rings. The summed E-state index contributed by atoms with van der Waals surface area (Å²) in [5, 5.41) is 6.81. The van der Waals surface area contributed by atoms with Gasteiger partial charge in [0.05, 0.1) is 19.8 Å². The molecular formula is C19H32N4O. The number of guanidine groups is 1. The van der Waals surface area contributed by atoms with Crippen LogP contribution in [0, 0.1) is 6.92 Å². The fourth-order valence-corrected chi connectivity index (χ4v) is 2.96. The molecule has 2 atom stereocenters. The van der Waals surface area contributed by atoms with Crippen LogP contribution in [0.4, 0.5) is 0 Å². The minimum Gasteiger partial charge on any atom is -0.379 e. The largest absolute Gasteiger partial charge is 0.379 e. The number of rotatable bonds is 6. The van der Waals surface area contributed by atoms with Gasteiger partial charge in [-0.05, 0) is 33.3 Å². The highest BCUT2D eigenvalue weighted by Gasteiger charge is 2.23. The number of nitrogens with one attached hydrogen (secondary N) is 2. The first-order chi connectivity index (χ1) is 11.6. The molecular weight excluding hydrogens is 300 g/mol. The van der Waals surface area contributed by atoms with E-state index in [2.05, 4.69) is 67.5 Å². The Morgan fingerprint density at radius 3 is 2.75 bits per heavy atom. The molecule has 2 N–H and O–H groups in total. The number of hydrogen-bond acceptors (Lipinski definition) is 3. The predicted molar refractivity (Wildman–Crippen MR) is 100 cm³/mol. The van der Waals surface area contributed by atoms with Crippen LogP contribution in [0.1, 0.15) is 31.9 Å². The first-order valence-electron chi connectivity index (χ1n) is 9.01. The van der Waals surface area contributed by atoms with Crippen LogP contribution < -0.4 is 10.6 Å². The van der Waals surface area contributed by atoms with E-state index in [9.17, 15) is 0 Å². The second-order valence-electron chi connectivity index (χ2n) is 6.57. The normalized spacial score (nSPS) is 20.7. The average molecular weight is 332 g/mol. The van der Waals surface area contributed by atoms with Crippen molar-refractivity contribution < 1.29 is 4.74 Å². The molecule has 1 heterocycles. The van der Waals surface area contributed by atoms with Crippen molar-refractivity contribution in [2.45, 2.75) is 46.3 Å². The van der Waals surface area contributed by atoms with E-state index in [1.54, 1.807) is 0 Å². The van der Waals surface area contributed by atoms with Crippen LogP contribution in [-0.4, -0.2) is 55.8 Å². The summed E-state index contributed by atoms with van der Waals surface area (Å²) in [4.78, 5) is 7.20. The van der Waals surface area contributed by atoms with Gasteiger partial charge in [-0.2, -0.15) is 0 Å². The first-order valence-corrected chi connectivity index (χ1v) is 9.01. The van der Waals surface area contributed by atoms with Gasteiger partial charge in [0.2, 0.25) is 0 Å². The highest BCUT2D eigenvalue weighted by atomic mass is 16.5. The predicted octanol–water partition coefficient (Wildman–Crippen LogP) is 2.16. The molecule has 0 bridgehead atoms. The number of hydrogen-bond donors (Lipinski definition) is 2. The maximum Gasteiger partial charge on any atom is 0.191 e. The lowest BCUT2D eigenvalue weighted by atomic mass is 10.1. The molecule has 0 aromatic heterocycles. The van der Waals surface area contributed by atoms with Crippen molar-refractivity contribution >= 4 is 5.96 Å². The van der Waals surface area contributed by atoms with Gasteiger partial charge in [-0.1, -0.05) is 29.8 Å². The lowest BCUT2D eigenvalue weighted by Crippen LogP contribution is -2.53. The highest BCUT2D eigenvalue weighted by molar-refractivity contribution is 5.79. The summed E-state index contributed by atoms with van der Waals surface area (Å²) in [6, 6.07) is 9.47. The summed E-state index contributed by atoms with van der Waals surface area (Å²) in [5.41, 5.74) is 2.51. The summed E-state index contributed by atoms with van der Waals surface area (Å²) in [6.45, 7) is 13.8. The van der Waals surface area contributed by atoms with Crippen LogP contribution in [0.5, 0.6) is 0 Å². The van der Waals surface area contributed by atoms with Gasteiger partial charge >= 0.3 is 0 Å². The zero-order valence-electron chi connectivity index (χ0n) is 15.5. The van der Waals surface area contributed by atoms with E-state index in [-0.39, 0.29) is 0 Å². The Morgan fingerprint density at radius 2 is 2.08 bits per heavy atom. The molecule has 0 aliphatic carbocycles. The minimum atomic E-state index is 0.451. The quantitative estimate of drug-likeness (QED) is 0.619. The lowest BCUT2D eigenvalue weighted by molar-refractivity contribution is -0.0174. The van der Waals surface area contributed by atoms with E-state index < -0.39 is 0 Å². The van der Waals surface area contributed by atoms with Crippen molar-refractivity contribution in [1.82, 2.24) is 15.5 Å². The molecule has 0 amide bonds. The van der Waals surface area contributed by atoms with Crippen molar-refractivity contribution in [1.29, 1.82) is 0 Å². The number of ether oxygens (including phenoxy) is 1. The van der Waals surface area contributed by atoms with Gasteiger partial charge in [0, 0.05) is 31.7 Å². The second-order valence-corrected chi connectivity index (χ2v) is 6.57. The fraction of sp³-hybridized carbons (Fsp3) is 0.632. The highest BCUT2D eigenvalue weighted by Crippen LogP contribution is 2.10. The zero-order chi connectivity index (χ0) is 17.4. The summed E-state index contributed by atoms with van der Waals surface area (Å²) < 4.78 is 5.52. The van der Waals surface area contributed by atoms with Crippen molar-refractivity contribution in [2.24, 2.45) is 4.99 Å². The Hall–Kier alpha value is -1.59. The Kier molecular flexibility index (Phi) is 7.53. The minimum absolute atomic E-state index is 0.451. The second kappa shape index (κ2) is 9.64. The Balaban J connectivity index is 1.87. The van der Waals surface area contributed by atoms with Crippen LogP contribution in [-0.2, 0) is 11.3 Å². The van der Waals surface area contributed by atoms with Crippen LogP contribution in [0.3, 0.4) is 0 Å². The maximum atomic E-state index is 5.52. The molecule has 0 spiro atoms. The molecule has 0 saturated carbocycles. The van der Waals surface area contributed by atoms with E-state index in [0.29, 0.717) is 18.6 Å². The Labute approximate surface area is 146 Å². The molecule has 2 rings (SSSR count). The summed E-state index contributed by atoms with van der Waals surface area (Å²) in [5.74, 6) is 0.880. The van der Waals surface area contributed by atoms with Gasteiger partial charge in [-0.25, -0.2) is 4.99 Å². The zero-order valence-corrected chi connectivity index (χ0v) is 15.5. The molecule has 0 radical (unpaired) electrons.